The molecule has 0 spiro atoms. The zero-order valence-corrected chi connectivity index (χ0v) is 10.8. The average molecular weight is 254 g/mol. The van der Waals surface area contributed by atoms with Gasteiger partial charge in [0.05, 0.1) is 0 Å². The van der Waals surface area contributed by atoms with Gasteiger partial charge >= 0.3 is 11.9 Å². The van der Waals surface area contributed by atoms with E-state index in [1.165, 1.54) is 6.42 Å². The molecule has 90 valence electrons. The van der Waals surface area contributed by atoms with Crippen molar-refractivity contribution in [1.29, 1.82) is 0 Å². The fourth-order valence-corrected chi connectivity index (χ4v) is 0.525. The summed E-state index contributed by atoms with van der Waals surface area (Å²) in [5, 5.41) is 13.9. The lowest BCUT2D eigenvalue weighted by molar-refractivity contribution is -0.142. The van der Waals surface area contributed by atoms with E-state index in [4.69, 9.17) is 10.2 Å². The maximum Gasteiger partial charge on any atom is 0.318 e. The van der Waals surface area contributed by atoms with Crippen LogP contribution in [0.2, 0.25) is 0 Å². The van der Waals surface area contributed by atoms with Crippen molar-refractivity contribution >= 4 is 37.2 Å². The Balaban J connectivity index is 0. The molecule has 0 fully saturated rings. The molecule has 0 aromatic carbocycles. The van der Waals surface area contributed by atoms with E-state index in [1.807, 2.05) is 0 Å². The largest absolute Gasteiger partial charge is 0.480 e. The highest BCUT2D eigenvalue weighted by atomic mass is 32.1. The molecule has 4 nitrogen and oxygen atoms in total. The van der Waals surface area contributed by atoms with Crippen LogP contribution >= 0.6 is 25.3 Å². The van der Waals surface area contributed by atoms with E-state index in [1.54, 1.807) is 0 Å². The Morgan fingerprint density at radius 2 is 1.27 bits per heavy atom. The number of rotatable bonds is 4. The lowest BCUT2D eigenvalue weighted by atomic mass is 10.2. The zero-order valence-electron chi connectivity index (χ0n) is 9.04. The van der Waals surface area contributed by atoms with Crippen LogP contribution in [0.25, 0.3) is 0 Å². The standard InChI is InChI=1S/C5H12.C4H6O4S2/c1-4-5(2)3;5-3(6)1(9)2(10)4(7)8/h5H,4H2,1-3H3;1-2,9-10H,(H,5,6)(H,7,8). The molecular formula is C9H18O4S2. The molecule has 6 heteroatoms. The van der Waals surface area contributed by atoms with E-state index in [0.29, 0.717) is 0 Å². The number of carboxylic acids is 2. The van der Waals surface area contributed by atoms with Crippen LogP contribution in [0.15, 0.2) is 0 Å². The summed E-state index contributed by atoms with van der Waals surface area (Å²) in [5.74, 6) is -1.69. The van der Waals surface area contributed by atoms with Gasteiger partial charge in [0.25, 0.3) is 0 Å². The summed E-state index contributed by atoms with van der Waals surface area (Å²) >= 11 is 7.00. The molecule has 0 aliphatic carbocycles. The topological polar surface area (TPSA) is 74.6 Å². The van der Waals surface area contributed by atoms with Gasteiger partial charge in [0.15, 0.2) is 0 Å². The monoisotopic (exact) mass is 254 g/mol. The molecular weight excluding hydrogens is 236 g/mol. The number of carbonyl (C=O) groups is 2. The van der Waals surface area contributed by atoms with Gasteiger partial charge in [0.2, 0.25) is 0 Å². The van der Waals surface area contributed by atoms with E-state index in [0.717, 1.165) is 5.92 Å². The predicted molar refractivity (Wildman–Crippen MR) is 65.9 cm³/mol. The van der Waals surface area contributed by atoms with Crippen molar-refractivity contribution in [2.75, 3.05) is 0 Å². The van der Waals surface area contributed by atoms with Gasteiger partial charge in [-0.25, -0.2) is 0 Å². The van der Waals surface area contributed by atoms with E-state index >= 15 is 0 Å². The summed E-state index contributed by atoms with van der Waals surface area (Å²) in [6.45, 7) is 6.64. The number of hydrogen-bond acceptors (Lipinski definition) is 4. The van der Waals surface area contributed by atoms with E-state index in [-0.39, 0.29) is 0 Å². The fraction of sp³-hybridized carbons (Fsp3) is 0.778. The normalized spacial score (nSPS) is 13.7. The number of aliphatic carboxylic acids is 2. The maximum absolute atomic E-state index is 10.1. The van der Waals surface area contributed by atoms with Crippen LogP contribution in [-0.2, 0) is 9.59 Å². The van der Waals surface area contributed by atoms with Gasteiger partial charge in [-0.2, -0.15) is 25.3 Å². The zero-order chi connectivity index (χ0) is 12.6. The molecule has 2 N–H and O–H groups in total. The highest BCUT2D eigenvalue weighted by Crippen LogP contribution is 2.08. The molecule has 0 heterocycles. The third-order valence-electron chi connectivity index (χ3n) is 1.62. The first-order valence-electron chi connectivity index (χ1n) is 4.55. The SMILES string of the molecule is CCC(C)C.O=C(O)C(S)C(S)C(=O)O. The molecule has 0 bridgehead atoms. The van der Waals surface area contributed by atoms with Crippen molar-refractivity contribution in [2.24, 2.45) is 5.92 Å². The summed E-state index contributed by atoms with van der Waals surface area (Å²) in [5.41, 5.74) is 0. The minimum absolute atomic E-state index is 0.884. The Bertz CT molecular complexity index is 188. The summed E-state index contributed by atoms with van der Waals surface area (Å²) in [7, 11) is 0. The van der Waals surface area contributed by atoms with Crippen LogP contribution in [0, 0.1) is 5.92 Å². The number of thiol groups is 2. The summed E-state index contributed by atoms with van der Waals surface area (Å²) in [6.07, 6.45) is 1.31. The quantitative estimate of drug-likeness (QED) is 0.577. The fourth-order valence-electron chi connectivity index (χ4n) is 0.270. The third kappa shape index (κ3) is 9.93. The van der Waals surface area contributed by atoms with E-state index in [2.05, 4.69) is 46.0 Å². The molecule has 0 aromatic heterocycles. The van der Waals surface area contributed by atoms with Gasteiger partial charge in [0.1, 0.15) is 10.5 Å². The van der Waals surface area contributed by atoms with E-state index < -0.39 is 22.4 Å². The minimum atomic E-state index is -1.29. The van der Waals surface area contributed by atoms with Crippen molar-refractivity contribution in [3.05, 3.63) is 0 Å². The predicted octanol–water partition coefficient (Wildman–Crippen LogP) is 1.80. The molecule has 0 saturated heterocycles. The van der Waals surface area contributed by atoms with Crippen LogP contribution in [-0.4, -0.2) is 32.7 Å². The van der Waals surface area contributed by atoms with Gasteiger partial charge in [0, 0.05) is 0 Å². The summed E-state index contributed by atoms with van der Waals surface area (Å²) < 4.78 is 0. The van der Waals surface area contributed by atoms with Crippen LogP contribution in [0.1, 0.15) is 27.2 Å². The molecule has 0 amide bonds. The maximum atomic E-state index is 10.1. The first kappa shape index (κ1) is 17.0. The van der Waals surface area contributed by atoms with Crippen molar-refractivity contribution in [3.8, 4) is 0 Å². The van der Waals surface area contributed by atoms with Crippen LogP contribution < -0.4 is 0 Å². The second kappa shape index (κ2) is 8.91. The Hall–Kier alpha value is -0.360. The molecule has 15 heavy (non-hydrogen) atoms. The molecule has 0 aliphatic heterocycles. The Kier molecular flexibility index (Phi) is 10.1. The van der Waals surface area contributed by atoms with Crippen LogP contribution in [0.3, 0.4) is 0 Å². The lowest BCUT2D eigenvalue weighted by Gasteiger charge is -2.07. The smallest absolute Gasteiger partial charge is 0.318 e. The van der Waals surface area contributed by atoms with Gasteiger partial charge < -0.3 is 10.2 Å². The van der Waals surface area contributed by atoms with Gasteiger partial charge in [-0.1, -0.05) is 27.2 Å². The van der Waals surface area contributed by atoms with Gasteiger partial charge in [-0.3, -0.25) is 9.59 Å². The Labute approximate surface area is 101 Å². The third-order valence-corrected chi connectivity index (χ3v) is 2.89. The molecule has 0 aromatic rings. The highest BCUT2D eigenvalue weighted by molar-refractivity contribution is 7.86. The summed E-state index contributed by atoms with van der Waals surface area (Å²) in [6, 6.07) is 0. The molecule has 0 rings (SSSR count). The molecule has 0 saturated carbocycles. The number of carboxylic acid groups (broad SMARTS) is 2. The first-order valence-corrected chi connectivity index (χ1v) is 5.59. The van der Waals surface area contributed by atoms with Crippen LogP contribution in [0.4, 0.5) is 0 Å². The molecule has 0 aliphatic rings. The van der Waals surface area contributed by atoms with Crippen molar-refractivity contribution in [2.45, 2.75) is 37.7 Å². The van der Waals surface area contributed by atoms with Crippen LogP contribution in [0.5, 0.6) is 0 Å². The molecule has 0 radical (unpaired) electrons. The minimum Gasteiger partial charge on any atom is -0.480 e. The van der Waals surface area contributed by atoms with Gasteiger partial charge in [-0.05, 0) is 5.92 Å². The summed E-state index contributed by atoms with van der Waals surface area (Å²) in [4.78, 5) is 20.1. The van der Waals surface area contributed by atoms with E-state index in [9.17, 15) is 9.59 Å². The number of hydrogen-bond donors (Lipinski definition) is 4. The second-order valence-corrected chi connectivity index (χ2v) is 4.48. The average Bonchev–Trinajstić information content (AvgIpc) is 2.16. The lowest BCUT2D eigenvalue weighted by Crippen LogP contribution is -2.31. The molecule has 2 unspecified atom stereocenters. The van der Waals surface area contributed by atoms with Crippen molar-refractivity contribution in [3.63, 3.8) is 0 Å². The molecule has 2 atom stereocenters. The first-order chi connectivity index (χ1) is 6.73. The van der Waals surface area contributed by atoms with Crippen molar-refractivity contribution in [1.82, 2.24) is 0 Å². The highest BCUT2D eigenvalue weighted by Gasteiger charge is 2.26. The second-order valence-electron chi connectivity index (χ2n) is 3.37. The Morgan fingerprint density at radius 1 is 1.07 bits per heavy atom. The van der Waals surface area contributed by atoms with Gasteiger partial charge in [-0.15, -0.1) is 0 Å². The Morgan fingerprint density at radius 3 is 1.33 bits per heavy atom. The van der Waals surface area contributed by atoms with Crippen molar-refractivity contribution < 1.29 is 19.8 Å².